The topological polar surface area (TPSA) is 52.7 Å². The normalized spacial score (nSPS) is 14.7. The minimum atomic E-state index is -0.0883. The van der Waals surface area contributed by atoms with Crippen molar-refractivity contribution in [2.24, 2.45) is 0 Å². The molecular weight excluding hydrogens is 410 g/mol. The fourth-order valence-electron chi connectivity index (χ4n) is 4.49. The summed E-state index contributed by atoms with van der Waals surface area (Å²) < 4.78 is 0. The fraction of sp³-hybridized carbons (Fsp3) is 0.286. The van der Waals surface area contributed by atoms with Crippen molar-refractivity contribution in [1.29, 1.82) is 0 Å². The maximum atomic E-state index is 13.1. The number of nitrogens with zero attached hydrogens (tertiary/aromatic N) is 2. The first-order valence-corrected chi connectivity index (χ1v) is 11.4. The van der Waals surface area contributed by atoms with Gasteiger partial charge in [0.05, 0.1) is 6.54 Å². The summed E-state index contributed by atoms with van der Waals surface area (Å²) in [6, 6.07) is 24.3. The third-order valence-corrected chi connectivity index (χ3v) is 6.19. The molecule has 1 aliphatic carbocycles. The van der Waals surface area contributed by atoms with E-state index in [1.807, 2.05) is 6.07 Å². The van der Waals surface area contributed by atoms with Gasteiger partial charge in [0.2, 0.25) is 5.91 Å². The van der Waals surface area contributed by atoms with Crippen LogP contribution in [0.4, 0.5) is 5.69 Å². The summed E-state index contributed by atoms with van der Waals surface area (Å²) in [4.78, 5) is 29.2. The Morgan fingerprint density at radius 2 is 1.73 bits per heavy atom. The van der Waals surface area contributed by atoms with Crippen LogP contribution in [-0.2, 0) is 17.8 Å². The van der Waals surface area contributed by atoms with Gasteiger partial charge in [-0.15, -0.1) is 0 Å². The summed E-state index contributed by atoms with van der Waals surface area (Å²) in [6.45, 7) is 3.06. The first-order valence-electron chi connectivity index (χ1n) is 11.4. The van der Waals surface area contributed by atoms with Crippen LogP contribution in [0.3, 0.4) is 0 Å². The molecule has 1 atom stereocenters. The van der Waals surface area contributed by atoms with Crippen LogP contribution in [0.2, 0.25) is 0 Å². The predicted molar refractivity (Wildman–Crippen MR) is 132 cm³/mol. The Labute approximate surface area is 196 Å². The molecule has 2 amide bonds. The molecule has 3 aromatic rings. The first kappa shape index (κ1) is 22.7. The molecule has 0 unspecified atom stereocenters. The maximum absolute atomic E-state index is 13.1. The van der Waals surface area contributed by atoms with Gasteiger partial charge in [0.25, 0.3) is 5.91 Å². The quantitative estimate of drug-likeness (QED) is 0.572. The molecule has 0 bridgehead atoms. The molecule has 4 rings (SSSR count). The lowest BCUT2D eigenvalue weighted by Gasteiger charge is -2.29. The van der Waals surface area contributed by atoms with Crippen molar-refractivity contribution in [3.8, 4) is 0 Å². The van der Waals surface area contributed by atoms with E-state index in [9.17, 15) is 9.59 Å². The highest BCUT2D eigenvalue weighted by molar-refractivity contribution is 5.97. The second-order valence-corrected chi connectivity index (χ2v) is 8.97. The lowest BCUT2D eigenvalue weighted by atomic mass is 10.1. The molecular formula is C28H31N3O2. The summed E-state index contributed by atoms with van der Waals surface area (Å²) in [5.74, 6) is -0.171. The molecule has 1 aliphatic rings. The largest absolute Gasteiger partial charge is 0.345 e. The molecule has 0 aliphatic heterocycles. The molecule has 5 nitrogen and oxygen atoms in total. The van der Waals surface area contributed by atoms with Gasteiger partial charge in [-0.25, -0.2) is 0 Å². The number of amides is 2. The number of fused-ring (bicyclic) bond motifs is 1. The minimum absolute atomic E-state index is 0.0825. The van der Waals surface area contributed by atoms with E-state index in [2.05, 4.69) is 65.7 Å². The van der Waals surface area contributed by atoms with Gasteiger partial charge in [-0.3, -0.25) is 14.5 Å². The average molecular weight is 442 g/mol. The Kier molecular flexibility index (Phi) is 6.90. The van der Waals surface area contributed by atoms with Crippen molar-refractivity contribution >= 4 is 17.5 Å². The number of nitrogens with one attached hydrogen (secondary N) is 1. The van der Waals surface area contributed by atoms with Gasteiger partial charge in [0.1, 0.15) is 0 Å². The van der Waals surface area contributed by atoms with Crippen molar-refractivity contribution in [2.45, 2.75) is 32.4 Å². The molecule has 3 aromatic carbocycles. The van der Waals surface area contributed by atoms with Crippen LogP contribution >= 0.6 is 0 Å². The first-order chi connectivity index (χ1) is 15.9. The van der Waals surface area contributed by atoms with Crippen molar-refractivity contribution < 1.29 is 9.59 Å². The summed E-state index contributed by atoms with van der Waals surface area (Å²) in [5, 5.41) is 3.00. The van der Waals surface area contributed by atoms with E-state index in [0.717, 1.165) is 12.8 Å². The second kappa shape index (κ2) is 10.0. The highest BCUT2D eigenvalue weighted by atomic mass is 16.2. The van der Waals surface area contributed by atoms with Crippen LogP contribution in [0.5, 0.6) is 0 Å². The number of carbonyl (C=O) groups is 2. The van der Waals surface area contributed by atoms with Crippen molar-refractivity contribution in [3.05, 3.63) is 101 Å². The van der Waals surface area contributed by atoms with Crippen LogP contribution in [0.15, 0.2) is 72.8 Å². The third kappa shape index (κ3) is 5.49. The molecule has 0 aromatic heterocycles. The van der Waals surface area contributed by atoms with Gasteiger partial charge in [0.15, 0.2) is 0 Å². The van der Waals surface area contributed by atoms with Gasteiger partial charge in [-0.05, 0) is 54.7 Å². The molecule has 5 heteroatoms. The molecule has 0 saturated carbocycles. The highest BCUT2D eigenvalue weighted by Gasteiger charge is 2.29. The van der Waals surface area contributed by atoms with Crippen LogP contribution in [0, 0.1) is 6.92 Å². The monoisotopic (exact) mass is 441 g/mol. The zero-order valence-electron chi connectivity index (χ0n) is 19.5. The predicted octanol–water partition coefficient (Wildman–Crippen LogP) is 4.83. The zero-order chi connectivity index (χ0) is 23.4. The Bertz CT molecular complexity index is 1140. The highest BCUT2D eigenvalue weighted by Crippen LogP contribution is 2.36. The van der Waals surface area contributed by atoms with E-state index in [-0.39, 0.29) is 24.4 Å². The summed E-state index contributed by atoms with van der Waals surface area (Å²) in [6.07, 6.45) is 2.03. The van der Waals surface area contributed by atoms with Gasteiger partial charge >= 0.3 is 0 Å². The van der Waals surface area contributed by atoms with Crippen molar-refractivity contribution in [3.63, 3.8) is 0 Å². The third-order valence-electron chi connectivity index (χ3n) is 6.19. The number of benzene rings is 3. The minimum Gasteiger partial charge on any atom is -0.345 e. The second-order valence-electron chi connectivity index (χ2n) is 8.97. The zero-order valence-corrected chi connectivity index (χ0v) is 19.5. The molecule has 0 radical (unpaired) electrons. The van der Waals surface area contributed by atoms with Crippen molar-refractivity contribution in [1.82, 2.24) is 9.80 Å². The molecule has 0 saturated heterocycles. The number of carbonyl (C=O) groups excluding carboxylic acids is 2. The van der Waals surface area contributed by atoms with E-state index >= 15 is 0 Å². The van der Waals surface area contributed by atoms with Crippen LogP contribution in [0.25, 0.3) is 0 Å². The lowest BCUT2D eigenvalue weighted by Crippen LogP contribution is -2.35. The fourth-order valence-corrected chi connectivity index (χ4v) is 4.49. The molecule has 1 N–H and O–H groups in total. The van der Waals surface area contributed by atoms with Crippen LogP contribution < -0.4 is 5.32 Å². The lowest BCUT2D eigenvalue weighted by molar-refractivity contribution is -0.118. The van der Waals surface area contributed by atoms with E-state index in [0.29, 0.717) is 17.8 Å². The number of hydrogen-bond acceptors (Lipinski definition) is 3. The van der Waals surface area contributed by atoms with Gasteiger partial charge in [-0.2, -0.15) is 0 Å². The number of aryl methyl sites for hydroxylation is 2. The molecule has 0 fully saturated rings. The van der Waals surface area contributed by atoms with E-state index in [4.69, 9.17) is 0 Å². The Balaban J connectivity index is 1.53. The number of hydrogen-bond donors (Lipinski definition) is 1. The summed E-state index contributed by atoms with van der Waals surface area (Å²) in [7, 11) is 3.44. The van der Waals surface area contributed by atoms with Crippen LogP contribution in [-0.4, -0.2) is 42.3 Å². The Hall–Kier alpha value is -3.44. The van der Waals surface area contributed by atoms with Gasteiger partial charge in [-0.1, -0.05) is 60.2 Å². The molecule has 170 valence electrons. The van der Waals surface area contributed by atoms with Gasteiger partial charge < -0.3 is 10.2 Å². The molecule has 0 spiro atoms. The average Bonchev–Trinajstić information content (AvgIpc) is 3.24. The van der Waals surface area contributed by atoms with E-state index in [1.54, 1.807) is 32.3 Å². The Morgan fingerprint density at radius 3 is 2.48 bits per heavy atom. The van der Waals surface area contributed by atoms with E-state index < -0.39 is 0 Å². The maximum Gasteiger partial charge on any atom is 0.253 e. The van der Waals surface area contributed by atoms with Crippen molar-refractivity contribution in [2.75, 3.05) is 26.0 Å². The van der Waals surface area contributed by atoms with Gasteiger partial charge in [0, 0.05) is 37.9 Å². The van der Waals surface area contributed by atoms with E-state index in [1.165, 1.54) is 27.2 Å². The molecule has 0 heterocycles. The Morgan fingerprint density at radius 1 is 0.970 bits per heavy atom. The molecule has 33 heavy (non-hydrogen) atoms. The summed E-state index contributed by atoms with van der Waals surface area (Å²) >= 11 is 0. The van der Waals surface area contributed by atoms with Crippen LogP contribution in [0.1, 0.15) is 45.1 Å². The SMILES string of the molecule is Cc1ccc(CN(CC(=O)Nc2cccc(C(=O)N(C)C)c2)[C@@H]2CCc3ccccc32)cc1. The smallest absolute Gasteiger partial charge is 0.253 e. The number of anilines is 1. The number of rotatable bonds is 7. The standard InChI is InChI=1S/C28H31N3O2/c1-20-11-13-21(14-12-20)18-31(26-16-15-22-7-4-5-10-25(22)26)19-27(32)29-24-9-6-8-23(17-24)28(33)30(2)3/h4-14,17,26H,15-16,18-19H2,1-3H3,(H,29,32)/t26-/m1/s1. The summed E-state index contributed by atoms with van der Waals surface area (Å²) in [5.41, 5.74) is 6.29.